The standard InChI is InChI=1S/C33H38Cl2N6O5S.CH4O3S/c1-22-18-28(40-15-11-36-21-40)24-4-2-6-29(32(24)38-22)46-20-25-26(34)7-8-30(31(25)35)47(44,45)41-12-3-5-27(41)33(43)37-19-23-9-13-39(14-10-23)16-17-42;1-5(2,3)4/h2,4,6-8,11,15,18,21,23,27,42H,3,5,9-10,12-14,16-17,19-20H2,1H3,(H,37,43);1H3,(H,2,3,4)/t27-;/m0./s1. The number of carbonyl (C=O) groups is 1. The van der Waals surface area contributed by atoms with E-state index in [-0.39, 0.29) is 40.6 Å². The first-order valence-electron chi connectivity index (χ1n) is 16.7. The number of nitrogens with zero attached hydrogens (tertiary/aromatic N) is 5. The van der Waals surface area contributed by atoms with Crippen molar-refractivity contribution in [3.05, 3.63) is 76.4 Å². The summed E-state index contributed by atoms with van der Waals surface area (Å²) in [6.07, 6.45) is 8.81. The molecule has 2 fully saturated rings. The zero-order chi connectivity index (χ0) is 37.6. The molecule has 14 nitrogen and oxygen atoms in total. The van der Waals surface area contributed by atoms with Crippen LogP contribution in [0.5, 0.6) is 5.75 Å². The molecule has 18 heteroatoms. The van der Waals surface area contributed by atoms with Crippen molar-refractivity contribution in [1.82, 2.24) is 29.1 Å². The molecule has 52 heavy (non-hydrogen) atoms. The number of likely N-dealkylation sites (tertiary alicyclic amines) is 1. The Morgan fingerprint density at radius 3 is 2.48 bits per heavy atom. The number of benzene rings is 2. The smallest absolute Gasteiger partial charge is 0.261 e. The van der Waals surface area contributed by atoms with Gasteiger partial charge in [-0.3, -0.25) is 9.35 Å². The number of aromatic nitrogens is 3. The highest BCUT2D eigenvalue weighted by Crippen LogP contribution is 2.37. The van der Waals surface area contributed by atoms with E-state index in [4.69, 9.17) is 37.5 Å². The Morgan fingerprint density at radius 1 is 1.08 bits per heavy atom. The lowest BCUT2D eigenvalue weighted by molar-refractivity contribution is -0.124. The van der Waals surface area contributed by atoms with Gasteiger partial charge in [-0.1, -0.05) is 35.3 Å². The Balaban J connectivity index is 0.000000979. The van der Waals surface area contributed by atoms with Gasteiger partial charge in [0, 0.05) is 53.7 Å². The van der Waals surface area contributed by atoms with Gasteiger partial charge in [-0.15, -0.1) is 0 Å². The second kappa shape index (κ2) is 17.2. The number of halogens is 2. The number of aliphatic hydroxyl groups is 1. The first-order chi connectivity index (χ1) is 24.7. The number of carbonyl (C=O) groups excluding carboxylic acids is 1. The predicted molar refractivity (Wildman–Crippen MR) is 198 cm³/mol. The van der Waals surface area contributed by atoms with E-state index in [1.807, 2.05) is 35.9 Å². The molecule has 282 valence electrons. The van der Waals surface area contributed by atoms with Crippen LogP contribution in [0.1, 0.15) is 36.9 Å². The van der Waals surface area contributed by atoms with Gasteiger partial charge >= 0.3 is 0 Å². The van der Waals surface area contributed by atoms with Crippen molar-refractivity contribution in [2.75, 3.05) is 45.6 Å². The molecular weight excluding hydrogens is 755 g/mol. The first-order valence-corrected chi connectivity index (χ1v) is 20.8. The van der Waals surface area contributed by atoms with E-state index in [1.165, 1.54) is 16.4 Å². The van der Waals surface area contributed by atoms with Crippen LogP contribution in [-0.2, 0) is 31.5 Å². The molecule has 2 saturated heterocycles. The third-order valence-corrected chi connectivity index (χ3v) is 11.8. The monoisotopic (exact) mass is 796 g/mol. The molecule has 1 amide bonds. The molecule has 0 unspecified atom stereocenters. The summed E-state index contributed by atoms with van der Waals surface area (Å²) in [5.41, 5.74) is 2.64. The van der Waals surface area contributed by atoms with Crippen LogP contribution in [0.15, 0.2) is 60.0 Å². The van der Waals surface area contributed by atoms with Gasteiger partial charge in [0.2, 0.25) is 15.9 Å². The third-order valence-electron chi connectivity index (χ3n) is 9.00. The number of para-hydroxylation sites is 1. The molecule has 2 aromatic heterocycles. The molecular formula is C34H42Cl2N6O8S2. The Bertz CT molecular complexity index is 2090. The molecule has 0 radical (unpaired) electrons. The van der Waals surface area contributed by atoms with Gasteiger partial charge < -0.3 is 24.6 Å². The van der Waals surface area contributed by atoms with Gasteiger partial charge in [0.25, 0.3) is 10.1 Å². The fourth-order valence-electron chi connectivity index (χ4n) is 6.45. The second-order valence-corrected chi connectivity index (χ2v) is 16.9. The van der Waals surface area contributed by atoms with Crippen LogP contribution in [0.2, 0.25) is 10.0 Å². The summed E-state index contributed by atoms with van der Waals surface area (Å²) in [7, 11) is -7.81. The van der Waals surface area contributed by atoms with Crippen LogP contribution in [0.25, 0.3) is 16.6 Å². The third kappa shape index (κ3) is 9.79. The molecule has 4 aromatic rings. The highest BCUT2D eigenvalue weighted by Gasteiger charge is 2.41. The van der Waals surface area contributed by atoms with Crippen LogP contribution in [0.4, 0.5) is 0 Å². The van der Waals surface area contributed by atoms with E-state index in [0.717, 1.165) is 42.7 Å². The van der Waals surface area contributed by atoms with Crippen molar-refractivity contribution < 1.29 is 36.0 Å². The van der Waals surface area contributed by atoms with E-state index in [0.29, 0.717) is 54.9 Å². The first kappa shape index (κ1) is 39.8. The van der Waals surface area contributed by atoms with E-state index in [2.05, 4.69) is 15.2 Å². The summed E-state index contributed by atoms with van der Waals surface area (Å²) in [5, 5.41) is 13.3. The number of hydrogen-bond donors (Lipinski definition) is 3. The van der Waals surface area contributed by atoms with Crippen molar-refractivity contribution in [1.29, 1.82) is 0 Å². The van der Waals surface area contributed by atoms with Crippen molar-refractivity contribution in [2.24, 2.45) is 5.92 Å². The van der Waals surface area contributed by atoms with Crippen molar-refractivity contribution in [3.8, 4) is 11.4 Å². The number of aryl methyl sites for hydroxylation is 1. The molecule has 0 bridgehead atoms. The number of imidazole rings is 1. The summed E-state index contributed by atoms with van der Waals surface area (Å²) in [5.74, 6) is 0.501. The highest BCUT2D eigenvalue weighted by atomic mass is 35.5. The molecule has 0 saturated carbocycles. The van der Waals surface area contributed by atoms with Crippen molar-refractivity contribution in [3.63, 3.8) is 0 Å². The minimum Gasteiger partial charge on any atom is -0.487 e. The van der Waals surface area contributed by atoms with Crippen LogP contribution < -0.4 is 10.1 Å². The Morgan fingerprint density at radius 2 is 1.81 bits per heavy atom. The Kier molecular flexibility index (Phi) is 13.2. The zero-order valence-electron chi connectivity index (χ0n) is 28.8. The number of ether oxygens (including phenoxy) is 1. The molecule has 2 aliphatic rings. The summed E-state index contributed by atoms with van der Waals surface area (Å²) >= 11 is 13.3. The average molecular weight is 798 g/mol. The maximum atomic E-state index is 14.0. The molecule has 2 aromatic carbocycles. The van der Waals surface area contributed by atoms with Gasteiger partial charge in [-0.2, -0.15) is 12.7 Å². The lowest BCUT2D eigenvalue weighted by atomic mass is 9.96. The Labute approximate surface area is 313 Å². The maximum absolute atomic E-state index is 14.0. The van der Waals surface area contributed by atoms with Crippen LogP contribution in [-0.4, -0.2) is 108 Å². The van der Waals surface area contributed by atoms with Gasteiger partial charge in [0.1, 0.15) is 28.8 Å². The molecule has 4 heterocycles. The number of fused-ring (bicyclic) bond motifs is 1. The molecule has 2 aliphatic heterocycles. The number of amides is 1. The SMILES string of the molecule is CS(=O)(=O)O.Cc1cc(-n2ccnc2)c2cccc(OCc3c(Cl)ccc(S(=O)(=O)N4CCC[C@H]4C(=O)NCC4CCN(CCO)CC4)c3Cl)c2n1. The lowest BCUT2D eigenvalue weighted by Gasteiger charge is -2.32. The van der Waals surface area contributed by atoms with Gasteiger partial charge in [-0.05, 0) is 75.9 Å². The number of piperidine rings is 1. The van der Waals surface area contributed by atoms with Crippen LogP contribution >= 0.6 is 23.2 Å². The summed E-state index contributed by atoms with van der Waals surface area (Å²) in [6.45, 7) is 5.03. The molecule has 3 N–H and O–H groups in total. The number of hydrogen-bond acceptors (Lipinski definition) is 10. The van der Waals surface area contributed by atoms with E-state index >= 15 is 0 Å². The summed E-state index contributed by atoms with van der Waals surface area (Å²) < 4.78 is 63.2. The molecule has 0 aliphatic carbocycles. The number of rotatable bonds is 11. The fourth-order valence-corrected chi connectivity index (χ4v) is 8.97. The lowest BCUT2D eigenvalue weighted by Crippen LogP contribution is -2.47. The topological polar surface area (TPSA) is 184 Å². The average Bonchev–Trinajstić information content (AvgIpc) is 3.81. The predicted octanol–water partition coefficient (Wildman–Crippen LogP) is 4.09. The maximum Gasteiger partial charge on any atom is 0.261 e. The van der Waals surface area contributed by atoms with Gasteiger partial charge in [0.15, 0.2) is 0 Å². The van der Waals surface area contributed by atoms with E-state index in [1.54, 1.807) is 18.6 Å². The minimum absolute atomic E-state index is 0.0401. The number of aliphatic hydroxyl groups excluding tert-OH is 1. The van der Waals surface area contributed by atoms with Crippen LogP contribution in [0, 0.1) is 12.8 Å². The Hall–Kier alpha value is -3.35. The largest absolute Gasteiger partial charge is 0.487 e. The van der Waals surface area contributed by atoms with Gasteiger partial charge in [-0.25, -0.2) is 18.4 Å². The van der Waals surface area contributed by atoms with Gasteiger partial charge in [0.05, 0.1) is 29.9 Å². The van der Waals surface area contributed by atoms with E-state index < -0.39 is 26.2 Å². The fraction of sp³-hybridized carbons (Fsp3) is 0.441. The summed E-state index contributed by atoms with van der Waals surface area (Å²) in [4.78, 5) is 24.3. The second-order valence-electron chi connectivity index (χ2n) is 12.8. The van der Waals surface area contributed by atoms with Crippen molar-refractivity contribution in [2.45, 2.75) is 50.2 Å². The molecule has 0 spiro atoms. The number of sulfonamides is 1. The van der Waals surface area contributed by atoms with Crippen molar-refractivity contribution >= 4 is 60.2 Å². The number of pyridine rings is 1. The number of β-amino-alcohol motifs (C(OH)–C–C–N with tert-alkyl or cyclic N) is 1. The zero-order valence-corrected chi connectivity index (χ0v) is 31.9. The van der Waals surface area contributed by atoms with E-state index in [9.17, 15) is 26.7 Å². The quantitative estimate of drug-likeness (QED) is 0.186. The molecule has 6 rings (SSSR count). The molecule has 1 atom stereocenters. The number of nitrogens with one attached hydrogen (secondary N) is 1. The normalized spacial score (nSPS) is 17.5. The van der Waals surface area contributed by atoms with Crippen LogP contribution in [0.3, 0.4) is 0 Å². The highest BCUT2D eigenvalue weighted by molar-refractivity contribution is 7.89. The minimum atomic E-state index is -4.14. The summed E-state index contributed by atoms with van der Waals surface area (Å²) in [6, 6.07) is 9.62.